The molecule has 1 amide bonds. The minimum Gasteiger partial charge on any atom is -0.627 e. The van der Waals surface area contributed by atoms with Crippen molar-refractivity contribution in [1.29, 1.82) is 0 Å². The Balaban J connectivity index is 0. The molecule has 5 heteroatoms. The first-order valence-corrected chi connectivity index (χ1v) is 5.66. The fraction of sp³-hybridized carbons (Fsp3) is 0.429. The van der Waals surface area contributed by atoms with E-state index >= 15 is 0 Å². The quantitative estimate of drug-likeness (QED) is 0.781. The molecule has 0 fully saturated rings. The molecule has 0 aliphatic carbocycles. The zero-order valence-electron chi connectivity index (χ0n) is 11.8. The molecule has 0 aromatic heterocycles. The molecule has 1 aromatic rings. The molecule has 0 unspecified atom stereocenters. The number of carbonyl (C=O) groups is 2. The van der Waals surface area contributed by atoms with Gasteiger partial charge in [0.05, 0.1) is 5.91 Å². The number of para-hydroxylation sites is 1. The van der Waals surface area contributed by atoms with Crippen molar-refractivity contribution in [3.05, 3.63) is 35.1 Å². The summed E-state index contributed by atoms with van der Waals surface area (Å²) in [6, 6.07) is 7.76. The van der Waals surface area contributed by atoms with Crippen LogP contribution in [-0.4, -0.2) is 17.0 Å². The predicted molar refractivity (Wildman–Crippen MR) is 72.2 cm³/mol. The second-order valence-corrected chi connectivity index (χ2v) is 4.92. The Morgan fingerprint density at radius 1 is 1.11 bits per heavy atom. The van der Waals surface area contributed by atoms with Gasteiger partial charge in [0.2, 0.25) is 0 Å². The summed E-state index contributed by atoms with van der Waals surface area (Å²) in [5.41, 5.74) is 1.91. The van der Waals surface area contributed by atoms with Gasteiger partial charge < -0.3 is 15.2 Å². The van der Waals surface area contributed by atoms with E-state index in [9.17, 15) is 4.79 Å². The standard InChI is InChI=1S/C12H17NO.C2H4O2.Pd/c1-9(14)13-11-8-6-5-7-10(11)12(2,3)4;1-2(3)4;/h5-8H,1-4H3,(H,13,14);1H3,(H,3,4);/p-1. The molecule has 1 N–H and O–H groups in total. The van der Waals surface area contributed by atoms with Crippen molar-refractivity contribution in [2.45, 2.75) is 40.0 Å². The fourth-order valence-corrected chi connectivity index (χ4v) is 1.37. The summed E-state index contributed by atoms with van der Waals surface area (Å²) in [6.45, 7) is 8.89. The van der Waals surface area contributed by atoms with E-state index < -0.39 is 5.97 Å². The van der Waals surface area contributed by atoms with Gasteiger partial charge in [0.25, 0.3) is 5.97 Å². The van der Waals surface area contributed by atoms with Gasteiger partial charge in [-0.1, -0.05) is 50.6 Å². The molecule has 0 bridgehead atoms. The van der Waals surface area contributed by atoms with Gasteiger partial charge in [0.1, 0.15) is 0 Å². The van der Waals surface area contributed by atoms with Crippen molar-refractivity contribution in [2.75, 3.05) is 0 Å². The van der Waals surface area contributed by atoms with E-state index in [0.29, 0.717) is 0 Å². The molecule has 0 aliphatic heterocycles. The van der Waals surface area contributed by atoms with Crippen LogP contribution >= 0.6 is 0 Å². The second kappa shape index (κ2) is 8.84. The number of hydrogen-bond acceptors (Lipinski definition) is 2. The van der Waals surface area contributed by atoms with E-state index in [1.165, 1.54) is 6.92 Å². The SMILES string of the molecule is CC(=O)O.CC(=O)[N-]c1ccccc1C(C)(C)C.[Pd]. The molecule has 0 saturated heterocycles. The van der Waals surface area contributed by atoms with Crippen LogP contribution in [0.15, 0.2) is 24.3 Å². The van der Waals surface area contributed by atoms with E-state index in [1.807, 2.05) is 24.3 Å². The minimum absolute atomic E-state index is 0. The van der Waals surface area contributed by atoms with Crippen LogP contribution in [0.5, 0.6) is 0 Å². The topological polar surface area (TPSA) is 68.5 Å². The molecule has 19 heavy (non-hydrogen) atoms. The van der Waals surface area contributed by atoms with Crippen LogP contribution in [0, 0.1) is 0 Å². The maximum atomic E-state index is 10.9. The van der Waals surface area contributed by atoms with Gasteiger partial charge in [0, 0.05) is 27.3 Å². The van der Waals surface area contributed by atoms with Crippen LogP contribution in [0.2, 0.25) is 0 Å². The van der Waals surface area contributed by atoms with Crippen LogP contribution in [0.3, 0.4) is 0 Å². The van der Waals surface area contributed by atoms with E-state index in [2.05, 4.69) is 26.1 Å². The molecular weight excluding hydrogens is 337 g/mol. The van der Waals surface area contributed by atoms with Gasteiger partial charge in [0.15, 0.2) is 0 Å². The van der Waals surface area contributed by atoms with Gasteiger partial charge in [-0.25, -0.2) is 0 Å². The van der Waals surface area contributed by atoms with Gasteiger partial charge in [-0.3, -0.25) is 4.79 Å². The Hall–Kier alpha value is -1.18. The smallest absolute Gasteiger partial charge is 0.300 e. The van der Waals surface area contributed by atoms with Gasteiger partial charge in [-0.2, -0.15) is 0 Å². The summed E-state index contributed by atoms with van der Waals surface area (Å²) >= 11 is 0. The molecule has 0 heterocycles. The summed E-state index contributed by atoms with van der Waals surface area (Å²) in [6.07, 6.45) is 0. The number of hydrogen-bond donors (Lipinski definition) is 1. The molecule has 0 atom stereocenters. The Labute approximate surface area is 128 Å². The van der Waals surface area contributed by atoms with Crippen molar-refractivity contribution in [1.82, 2.24) is 0 Å². The average Bonchev–Trinajstić information content (AvgIpc) is 2.14. The number of aliphatic carboxylic acids is 1. The van der Waals surface area contributed by atoms with Crippen LogP contribution < -0.4 is 0 Å². The van der Waals surface area contributed by atoms with Crippen molar-refractivity contribution in [3.8, 4) is 0 Å². The summed E-state index contributed by atoms with van der Waals surface area (Å²) in [4.78, 5) is 19.9. The van der Waals surface area contributed by atoms with E-state index in [-0.39, 0.29) is 31.7 Å². The van der Waals surface area contributed by atoms with Gasteiger partial charge in [-0.05, 0) is 12.3 Å². The molecule has 4 nitrogen and oxygen atoms in total. The van der Waals surface area contributed by atoms with E-state index in [4.69, 9.17) is 9.90 Å². The molecular formula is C14H20NO3Pd-. The van der Waals surface area contributed by atoms with E-state index in [1.54, 1.807) is 0 Å². The number of carboxylic acid groups (broad SMARTS) is 1. The first-order valence-electron chi connectivity index (χ1n) is 5.66. The van der Waals surface area contributed by atoms with Crippen molar-refractivity contribution in [2.24, 2.45) is 0 Å². The number of rotatable bonds is 1. The number of nitrogens with zero attached hydrogens (tertiary/aromatic N) is 1. The Bertz CT molecular complexity index is 421. The van der Waals surface area contributed by atoms with Crippen LogP contribution in [0.25, 0.3) is 5.32 Å². The largest absolute Gasteiger partial charge is 0.627 e. The number of amides is 1. The molecule has 0 spiro atoms. The molecule has 0 saturated carbocycles. The van der Waals surface area contributed by atoms with E-state index in [0.717, 1.165) is 18.2 Å². The number of benzene rings is 1. The third kappa shape index (κ3) is 9.41. The maximum Gasteiger partial charge on any atom is 0.300 e. The zero-order chi connectivity index (χ0) is 14.3. The molecule has 1 aromatic carbocycles. The second-order valence-electron chi connectivity index (χ2n) is 4.92. The zero-order valence-corrected chi connectivity index (χ0v) is 13.4. The number of carboxylic acids is 1. The maximum absolute atomic E-state index is 10.9. The molecule has 110 valence electrons. The van der Waals surface area contributed by atoms with Crippen molar-refractivity contribution >= 4 is 17.6 Å². The third-order valence-electron chi connectivity index (χ3n) is 1.99. The number of carbonyl (C=O) groups excluding carboxylic acids is 1. The first-order chi connectivity index (χ1) is 8.14. The molecule has 0 aliphatic rings. The van der Waals surface area contributed by atoms with Crippen LogP contribution in [0.1, 0.15) is 40.2 Å². The Morgan fingerprint density at radius 3 is 1.89 bits per heavy atom. The Kier molecular flexibility index (Phi) is 9.38. The summed E-state index contributed by atoms with van der Waals surface area (Å²) in [5.74, 6) is -0.985. The van der Waals surface area contributed by atoms with Crippen molar-refractivity contribution < 1.29 is 35.1 Å². The minimum atomic E-state index is -0.833. The molecule has 0 radical (unpaired) electrons. The summed E-state index contributed by atoms with van der Waals surface area (Å²) < 4.78 is 0. The van der Waals surface area contributed by atoms with Crippen LogP contribution in [0.4, 0.5) is 5.69 Å². The van der Waals surface area contributed by atoms with Gasteiger partial charge >= 0.3 is 0 Å². The first kappa shape index (κ1) is 20.1. The molecule has 1 rings (SSSR count). The summed E-state index contributed by atoms with van der Waals surface area (Å²) in [7, 11) is 0. The predicted octanol–water partition coefficient (Wildman–Crippen LogP) is 3.62. The van der Waals surface area contributed by atoms with Crippen molar-refractivity contribution in [3.63, 3.8) is 0 Å². The summed E-state index contributed by atoms with van der Waals surface area (Å²) in [5, 5.41) is 11.4. The Morgan fingerprint density at radius 2 is 1.53 bits per heavy atom. The fourth-order valence-electron chi connectivity index (χ4n) is 1.37. The monoisotopic (exact) mass is 356 g/mol. The normalized spacial score (nSPS) is 9.53. The average molecular weight is 357 g/mol. The van der Waals surface area contributed by atoms with Gasteiger partial charge in [-0.15, -0.1) is 5.69 Å². The van der Waals surface area contributed by atoms with Crippen LogP contribution in [-0.2, 0) is 35.4 Å². The third-order valence-corrected chi connectivity index (χ3v) is 1.99.